The summed E-state index contributed by atoms with van der Waals surface area (Å²) >= 11 is 0. The first-order valence-electron chi connectivity index (χ1n) is 8.16. The highest BCUT2D eigenvalue weighted by Crippen LogP contribution is 2.23. The normalized spacial score (nSPS) is 17.6. The number of likely N-dealkylation sites (tertiary alicyclic amines) is 1. The first-order chi connectivity index (χ1) is 11.6. The minimum absolute atomic E-state index is 0.110. The van der Waals surface area contributed by atoms with Gasteiger partial charge >= 0.3 is 0 Å². The zero-order valence-corrected chi connectivity index (χ0v) is 13.9. The second-order valence-corrected chi connectivity index (χ2v) is 5.93. The van der Waals surface area contributed by atoms with Crippen LogP contribution in [0.4, 0.5) is 0 Å². The number of carbonyl (C=O) groups is 2. The van der Waals surface area contributed by atoms with Crippen molar-refractivity contribution in [3.8, 4) is 11.5 Å². The fourth-order valence-electron chi connectivity index (χ4n) is 3.12. The summed E-state index contributed by atoms with van der Waals surface area (Å²) in [4.78, 5) is 31.2. The van der Waals surface area contributed by atoms with Gasteiger partial charge in [-0.1, -0.05) is 0 Å². The number of carbonyl (C=O) groups excluding carboxylic acids is 2. The Labute approximate surface area is 140 Å². The molecule has 6 heteroatoms. The third kappa shape index (κ3) is 3.04. The number of amides is 2. The van der Waals surface area contributed by atoms with Gasteiger partial charge in [0.05, 0.1) is 17.5 Å². The Bertz CT molecular complexity index is 740. The van der Waals surface area contributed by atoms with Crippen molar-refractivity contribution < 1.29 is 14.0 Å². The van der Waals surface area contributed by atoms with E-state index in [-0.39, 0.29) is 11.8 Å². The van der Waals surface area contributed by atoms with E-state index < -0.39 is 6.04 Å². The molecule has 3 heterocycles. The van der Waals surface area contributed by atoms with Gasteiger partial charge in [-0.15, -0.1) is 0 Å². The van der Waals surface area contributed by atoms with Crippen LogP contribution in [0.25, 0.3) is 11.5 Å². The van der Waals surface area contributed by atoms with Crippen molar-refractivity contribution in [1.29, 1.82) is 0 Å². The Kier molecular flexibility index (Phi) is 4.64. The molecule has 0 spiro atoms. The molecular weight excluding hydrogens is 306 g/mol. The molecule has 1 N–H and O–H groups in total. The van der Waals surface area contributed by atoms with Gasteiger partial charge in [0.2, 0.25) is 5.91 Å². The minimum Gasteiger partial charge on any atom is -0.463 e. The molecule has 1 aliphatic heterocycles. The Morgan fingerprint density at radius 2 is 2.12 bits per heavy atom. The van der Waals surface area contributed by atoms with E-state index in [0.29, 0.717) is 35.7 Å². The van der Waals surface area contributed by atoms with Gasteiger partial charge in [0.25, 0.3) is 5.91 Å². The van der Waals surface area contributed by atoms with Gasteiger partial charge in [0.15, 0.2) is 5.76 Å². The lowest BCUT2D eigenvalue weighted by Gasteiger charge is -2.34. The highest BCUT2D eigenvalue weighted by molar-refractivity contribution is 5.98. The van der Waals surface area contributed by atoms with Gasteiger partial charge in [-0.3, -0.25) is 9.59 Å². The fraction of sp³-hybridized carbons (Fsp3) is 0.389. The third-order valence-electron chi connectivity index (χ3n) is 4.40. The summed E-state index contributed by atoms with van der Waals surface area (Å²) in [7, 11) is 1.60. The molecule has 0 aromatic carbocycles. The van der Waals surface area contributed by atoms with Crippen LogP contribution in [-0.4, -0.2) is 41.3 Å². The molecule has 1 aliphatic rings. The van der Waals surface area contributed by atoms with Gasteiger partial charge < -0.3 is 14.6 Å². The number of rotatable bonds is 3. The van der Waals surface area contributed by atoms with Gasteiger partial charge in [-0.05, 0) is 50.5 Å². The summed E-state index contributed by atoms with van der Waals surface area (Å²) in [5.41, 5.74) is 1.85. The summed E-state index contributed by atoms with van der Waals surface area (Å²) in [5.74, 6) is 0.415. The molecule has 126 valence electrons. The van der Waals surface area contributed by atoms with E-state index in [1.54, 1.807) is 43.3 Å². The summed E-state index contributed by atoms with van der Waals surface area (Å²) < 4.78 is 5.34. The Hall–Kier alpha value is -2.63. The average molecular weight is 327 g/mol. The summed E-state index contributed by atoms with van der Waals surface area (Å²) in [6, 6.07) is 6.76. The van der Waals surface area contributed by atoms with Crippen LogP contribution in [0.3, 0.4) is 0 Å². The summed E-state index contributed by atoms with van der Waals surface area (Å²) in [6.07, 6.45) is 4.15. The molecule has 6 nitrogen and oxygen atoms in total. The number of hydrogen-bond donors (Lipinski definition) is 1. The third-order valence-corrected chi connectivity index (χ3v) is 4.40. The van der Waals surface area contributed by atoms with Crippen LogP contribution in [0.2, 0.25) is 0 Å². The predicted octanol–water partition coefficient (Wildman–Crippen LogP) is 2.39. The van der Waals surface area contributed by atoms with Gasteiger partial charge in [-0.2, -0.15) is 0 Å². The van der Waals surface area contributed by atoms with E-state index in [9.17, 15) is 9.59 Å². The first-order valence-corrected chi connectivity index (χ1v) is 8.16. The molecule has 0 radical (unpaired) electrons. The number of likely N-dealkylation sites (N-methyl/N-ethyl adjacent to an activating group) is 1. The Balaban J connectivity index is 1.87. The van der Waals surface area contributed by atoms with Crippen LogP contribution in [0.1, 0.15) is 35.3 Å². The molecule has 3 rings (SSSR count). The number of pyridine rings is 1. The molecule has 24 heavy (non-hydrogen) atoms. The first kappa shape index (κ1) is 16.2. The molecule has 1 atom stereocenters. The van der Waals surface area contributed by atoms with Crippen molar-refractivity contribution >= 4 is 11.8 Å². The SMILES string of the molecule is CNC(=O)C1CCCCN1C(=O)c1ccc(-c2ccco2)nc1C. The zero-order valence-electron chi connectivity index (χ0n) is 13.9. The number of furan rings is 1. The quantitative estimate of drug-likeness (QED) is 0.939. The van der Waals surface area contributed by atoms with Crippen LogP contribution >= 0.6 is 0 Å². The topological polar surface area (TPSA) is 75.4 Å². The van der Waals surface area contributed by atoms with Crippen LogP contribution < -0.4 is 5.32 Å². The second kappa shape index (κ2) is 6.86. The minimum atomic E-state index is -0.402. The van der Waals surface area contributed by atoms with Gasteiger partial charge in [0, 0.05) is 13.6 Å². The molecule has 1 saturated heterocycles. The van der Waals surface area contributed by atoms with E-state index in [1.807, 2.05) is 6.07 Å². The number of aromatic nitrogens is 1. The number of hydrogen-bond acceptors (Lipinski definition) is 4. The van der Waals surface area contributed by atoms with E-state index in [1.165, 1.54) is 0 Å². The summed E-state index contributed by atoms with van der Waals surface area (Å²) in [6.45, 7) is 2.40. The lowest BCUT2D eigenvalue weighted by atomic mass is 9.99. The second-order valence-electron chi connectivity index (χ2n) is 5.93. The molecule has 2 amide bonds. The standard InChI is InChI=1S/C18H21N3O3/c1-12-13(8-9-14(20-12)16-7-5-11-24-16)18(23)21-10-4-3-6-15(21)17(22)19-2/h5,7-9,11,15H,3-4,6,10H2,1-2H3,(H,19,22). The van der Waals surface area contributed by atoms with E-state index in [4.69, 9.17) is 4.42 Å². The highest BCUT2D eigenvalue weighted by atomic mass is 16.3. The lowest BCUT2D eigenvalue weighted by Crippen LogP contribution is -2.51. The van der Waals surface area contributed by atoms with E-state index >= 15 is 0 Å². The molecule has 2 aromatic rings. The maximum absolute atomic E-state index is 12.9. The van der Waals surface area contributed by atoms with Crippen molar-refractivity contribution in [3.05, 3.63) is 41.8 Å². The number of piperidine rings is 1. The van der Waals surface area contributed by atoms with E-state index in [2.05, 4.69) is 10.3 Å². The van der Waals surface area contributed by atoms with Crippen molar-refractivity contribution in [2.45, 2.75) is 32.2 Å². The number of nitrogens with zero attached hydrogens (tertiary/aromatic N) is 2. The van der Waals surface area contributed by atoms with Crippen LogP contribution in [0.15, 0.2) is 34.9 Å². The molecular formula is C18H21N3O3. The van der Waals surface area contributed by atoms with Crippen LogP contribution in [-0.2, 0) is 4.79 Å². The molecule has 0 saturated carbocycles. The van der Waals surface area contributed by atoms with Gasteiger partial charge in [0.1, 0.15) is 11.7 Å². The van der Waals surface area contributed by atoms with Gasteiger partial charge in [-0.25, -0.2) is 4.98 Å². The Morgan fingerprint density at radius 1 is 1.29 bits per heavy atom. The number of nitrogens with one attached hydrogen (secondary N) is 1. The Morgan fingerprint density at radius 3 is 2.79 bits per heavy atom. The van der Waals surface area contributed by atoms with E-state index in [0.717, 1.165) is 12.8 Å². The molecule has 0 aliphatic carbocycles. The highest BCUT2D eigenvalue weighted by Gasteiger charge is 2.32. The maximum atomic E-state index is 12.9. The molecule has 1 fully saturated rings. The maximum Gasteiger partial charge on any atom is 0.256 e. The molecule has 0 bridgehead atoms. The lowest BCUT2D eigenvalue weighted by molar-refractivity contribution is -0.126. The largest absolute Gasteiger partial charge is 0.463 e. The van der Waals surface area contributed by atoms with Crippen molar-refractivity contribution in [1.82, 2.24) is 15.2 Å². The molecule has 1 unspecified atom stereocenters. The average Bonchev–Trinajstić information content (AvgIpc) is 3.15. The van der Waals surface area contributed by atoms with Crippen LogP contribution in [0, 0.1) is 6.92 Å². The van der Waals surface area contributed by atoms with Crippen LogP contribution in [0.5, 0.6) is 0 Å². The fourth-order valence-corrected chi connectivity index (χ4v) is 3.12. The smallest absolute Gasteiger partial charge is 0.256 e. The van der Waals surface area contributed by atoms with Crippen molar-refractivity contribution in [2.75, 3.05) is 13.6 Å². The molecule has 2 aromatic heterocycles. The zero-order chi connectivity index (χ0) is 17.1. The van der Waals surface area contributed by atoms with Crippen molar-refractivity contribution in [3.63, 3.8) is 0 Å². The predicted molar refractivity (Wildman–Crippen MR) is 89.4 cm³/mol. The number of aryl methyl sites for hydroxylation is 1. The monoisotopic (exact) mass is 327 g/mol. The van der Waals surface area contributed by atoms with Crippen molar-refractivity contribution in [2.24, 2.45) is 0 Å². The summed E-state index contributed by atoms with van der Waals surface area (Å²) in [5, 5.41) is 2.65.